The molecule has 1 aromatic rings. The topological polar surface area (TPSA) is 3.24 Å². The largest absolute Gasteiger partial charge is 0.418 e. The van der Waals surface area contributed by atoms with Gasteiger partial charge in [-0.05, 0) is 25.0 Å². The Bertz CT molecular complexity index is 519. The molecular weight excluding hydrogens is 315 g/mol. The quantitative estimate of drug-likeness (QED) is 0.493. The van der Waals surface area contributed by atoms with Crippen LogP contribution in [0, 0.1) is 0 Å². The van der Waals surface area contributed by atoms with E-state index in [1.54, 1.807) is 6.07 Å². The maximum atomic E-state index is 13.4. The lowest BCUT2D eigenvalue weighted by atomic mass is 10.1. The molecule has 0 bridgehead atoms. The Balaban J connectivity index is 2.33. The van der Waals surface area contributed by atoms with Gasteiger partial charge >= 0.3 is 6.18 Å². The van der Waals surface area contributed by atoms with E-state index in [1.807, 2.05) is 11.0 Å². The first-order chi connectivity index (χ1) is 10.8. The average Bonchev–Trinajstić information content (AvgIpc) is 3.00. The van der Waals surface area contributed by atoms with Crippen molar-refractivity contribution in [1.82, 2.24) is 0 Å². The van der Waals surface area contributed by atoms with Gasteiger partial charge in [0.15, 0.2) is 0 Å². The van der Waals surface area contributed by atoms with Gasteiger partial charge in [0, 0.05) is 18.8 Å². The molecule has 23 heavy (non-hydrogen) atoms. The fourth-order valence-electron chi connectivity index (χ4n) is 3.37. The minimum atomic E-state index is -4.27. The Labute approximate surface area is 138 Å². The Hall–Kier alpha value is -0.973. The molecule has 1 aliphatic rings. The SMILES string of the molecule is CCCCC[Si](C)(C)c1ccc(C(F)(F)F)c(N2CCCC2)c1. The molecule has 0 unspecified atom stereocenters. The van der Waals surface area contributed by atoms with Crippen LogP contribution in [-0.4, -0.2) is 21.2 Å². The molecule has 0 N–H and O–H groups in total. The van der Waals surface area contributed by atoms with Crippen LogP contribution >= 0.6 is 0 Å². The smallest absolute Gasteiger partial charge is 0.371 e. The summed E-state index contributed by atoms with van der Waals surface area (Å²) >= 11 is 0. The van der Waals surface area contributed by atoms with Crippen LogP contribution in [0.1, 0.15) is 44.6 Å². The normalized spacial score (nSPS) is 16.2. The molecule has 0 saturated carbocycles. The van der Waals surface area contributed by atoms with Crippen molar-refractivity contribution in [3.63, 3.8) is 0 Å². The molecule has 0 aromatic heterocycles. The van der Waals surface area contributed by atoms with Gasteiger partial charge in [0.1, 0.15) is 0 Å². The molecule has 0 atom stereocenters. The summed E-state index contributed by atoms with van der Waals surface area (Å²) in [6.07, 6.45) is 1.25. The van der Waals surface area contributed by atoms with E-state index in [4.69, 9.17) is 0 Å². The lowest BCUT2D eigenvalue weighted by Crippen LogP contribution is -2.42. The predicted molar refractivity (Wildman–Crippen MR) is 94.3 cm³/mol. The first kappa shape index (κ1) is 18.4. The zero-order chi connectivity index (χ0) is 17.1. The fourth-order valence-corrected chi connectivity index (χ4v) is 5.86. The Morgan fingerprint density at radius 1 is 1.09 bits per heavy atom. The first-order valence-corrected chi connectivity index (χ1v) is 11.9. The van der Waals surface area contributed by atoms with E-state index in [0.29, 0.717) is 5.69 Å². The highest BCUT2D eigenvalue weighted by atomic mass is 28.3. The van der Waals surface area contributed by atoms with Crippen LogP contribution in [-0.2, 0) is 6.18 Å². The summed E-state index contributed by atoms with van der Waals surface area (Å²) in [5, 5.41) is 1.16. The molecule has 1 nitrogen and oxygen atoms in total. The standard InChI is InChI=1S/C18H28F3NSi/c1-4-5-8-13-23(2,3)15-9-10-16(18(19,20)21)17(14-15)22-11-6-7-12-22/h9-10,14H,4-8,11-13H2,1-3H3. The fraction of sp³-hybridized carbons (Fsp3) is 0.667. The van der Waals surface area contributed by atoms with E-state index in [1.165, 1.54) is 25.3 Å². The van der Waals surface area contributed by atoms with Gasteiger partial charge in [-0.25, -0.2) is 0 Å². The summed E-state index contributed by atoms with van der Waals surface area (Å²) < 4.78 is 40.1. The van der Waals surface area contributed by atoms with Crippen molar-refractivity contribution in [2.24, 2.45) is 0 Å². The van der Waals surface area contributed by atoms with E-state index in [0.717, 1.165) is 37.2 Å². The van der Waals surface area contributed by atoms with Crippen LogP contribution in [0.4, 0.5) is 18.9 Å². The van der Waals surface area contributed by atoms with E-state index >= 15 is 0 Å². The number of alkyl halides is 3. The molecule has 0 spiro atoms. The number of anilines is 1. The lowest BCUT2D eigenvalue weighted by molar-refractivity contribution is -0.137. The number of hydrogen-bond donors (Lipinski definition) is 0. The molecule has 1 aromatic carbocycles. The van der Waals surface area contributed by atoms with Gasteiger partial charge < -0.3 is 4.90 Å². The van der Waals surface area contributed by atoms with Crippen molar-refractivity contribution in [3.05, 3.63) is 23.8 Å². The van der Waals surface area contributed by atoms with Crippen LogP contribution < -0.4 is 10.1 Å². The molecule has 0 radical (unpaired) electrons. The zero-order valence-corrected chi connectivity index (χ0v) is 15.5. The molecule has 130 valence electrons. The van der Waals surface area contributed by atoms with Crippen molar-refractivity contribution < 1.29 is 13.2 Å². The molecule has 1 fully saturated rings. The highest BCUT2D eigenvalue weighted by Crippen LogP contribution is 2.37. The number of halogens is 3. The summed E-state index contributed by atoms with van der Waals surface area (Å²) in [6, 6.07) is 6.05. The van der Waals surface area contributed by atoms with Crippen LogP contribution in [0.2, 0.25) is 19.1 Å². The van der Waals surface area contributed by atoms with Gasteiger partial charge in [0.05, 0.1) is 13.6 Å². The van der Waals surface area contributed by atoms with E-state index in [2.05, 4.69) is 20.0 Å². The van der Waals surface area contributed by atoms with Crippen LogP contribution in [0.25, 0.3) is 0 Å². The highest BCUT2D eigenvalue weighted by molar-refractivity contribution is 6.89. The second kappa shape index (κ2) is 7.28. The van der Waals surface area contributed by atoms with Gasteiger partial charge in [-0.15, -0.1) is 0 Å². The van der Waals surface area contributed by atoms with Gasteiger partial charge in [-0.2, -0.15) is 13.2 Å². The average molecular weight is 344 g/mol. The third-order valence-corrected chi connectivity index (χ3v) is 8.41. The Kier molecular flexibility index (Phi) is 5.82. The third-order valence-electron chi connectivity index (χ3n) is 4.94. The first-order valence-electron chi connectivity index (χ1n) is 8.72. The third kappa shape index (κ3) is 4.52. The number of hydrogen-bond acceptors (Lipinski definition) is 1. The van der Waals surface area contributed by atoms with E-state index in [-0.39, 0.29) is 0 Å². The molecule has 1 aliphatic heterocycles. The molecular formula is C18H28F3NSi. The maximum absolute atomic E-state index is 13.4. The molecule has 0 aliphatic carbocycles. The summed E-state index contributed by atoms with van der Waals surface area (Å²) in [5.41, 5.74) is -0.0647. The van der Waals surface area contributed by atoms with E-state index < -0.39 is 19.8 Å². The molecule has 1 heterocycles. The van der Waals surface area contributed by atoms with Crippen molar-refractivity contribution in [2.75, 3.05) is 18.0 Å². The summed E-state index contributed by atoms with van der Waals surface area (Å²) in [5.74, 6) is 0. The maximum Gasteiger partial charge on any atom is 0.418 e. The highest BCUT2D eigenvalue weighted by Gasteiger charge is 2.36. The predicted octanol–water partition coefficient (Wildman–Crippen LogP) is 5.41. The number of rotatable bonds is 6. The second-order valence-corrected chi connectivity index (χ2v) is 12.1. The molecule has 1 saturated heterocycles. The van der Waals surface area contributed by atoms with Crippen molar-refractivity contribution >= 4 is 18.9 Å². The minimum Gasteiger partial charge on any atom is -0.371 e. The minimum absolute atomic E-state index is 0.406. The van der Waals surface area contributed by atoms with Crippen LogP contribution in [0.5, 0.6) is 0 Å². The number of unbranched alkanes of at least 4 members (excludes halogenated alkanes) is 2. The summed E-state index contributed by atoms with van der Waals surface area (Å²) in [4.78, 5) is 1.92. The van der Waals surface area contributed by atoms with Crippen LogP contribution in [0.15, 0.2) is 18.2 Å². The van der Waals surface area contributed by atoms with Crippen molar-refractivity contribution in [1.29, 1.82) is 0 Å². The lowest BCUT2D eigenvalue weighted by Gasteiger charge is -2.28. The summed E-state index contributed by atoms with van der Waals surface area (Å²) in [6.45, 7) is 8.21. The Morgan fingerprint density at radius 3 is 2.30 bits per heavy atom. The number of nitrogens with zero attached hydrogens (tertiary/aromatic N) is 1. The zero-order valence-electron chi connectivity index (χ0n) is 14.5. The van der Waals surface area contributed by atoms with E-state index in [9.17, 15) is 13.2 Å². The molecule has 5 heteroatoms. The van der Waals surface area contributed by atoms with Crippen LogP contribution in [0.3, 0.4) is 0 Å². The van der Waals surface area contributed by atoms with Gasteiger partial charge in [-0.1, -0.05) is 56.6 Å². The summed E-state index contributed by atoms with van der Waals surface area (Å²) in [7, 11) is -1.68. The second-order valence-electron chi connectivity index (χ2n) is 7.26. The Morgan fingerprint density at radius 2 is 1.74 bits per heavy atom. The van der Waals surface area contributed by atoms with Crippen molar-refractivity contribution in [3.8, 4) is 0 Å². The van der Waals surface area contributed by atoms with Crippen molar-refractivity contribution in [2.45, 2.75) is 64.3 Å². The monoisotopic (exact) mass is 343 g/mol. The number of benzene rings is 1. The molecule has 0 amide bonds. The van der Waals surface area contributed by atoms with Gasteiger partial charge in [0.25, 0.3) is 0 Å². The van der Waals surface area contributed by atoms with Gasteiger partial charge in [0.2, 0.25) is 0 Å². The molecule has 2 rings (SSSR count). The van der Waals surface area contributed by atoms with Gasteiger partial charge in [-0.3, -0.25) is 0 Å².